The fourth-order valence-corrected chi connectivity index (χ4v) is 2.06. The van der Waals surface area contributed by atoms with E-state index in [4.69, 9.17) is 13.6 Å². The van der Waals surface area contributed by atoms with Crippen LogP contribution in [-0.4, -0.2) is 18.7 Å². The number of oxazole rings is 1. The molecule has 0 saturated heterocycles. The van der Waals surface area contributed by atoms with E-state index in [0.29, 0.717) is 30.0 Å². The highest BCUT2D eigenvalue weighted by Crippen LogP contribution is 2.22. The zero-order chi connectivity index (χ0) is 13.2. The van der Waals surface area contributed by atoms with Gasteiger partial charge in [-0.1, -0.05) is 12.1 Å². The topological polar surface area (TPSA) is 65.5 Å². The van der Waals surface area contributed by atoms with Gasteiger partial charge in [-0.2, -0.15) is 0 Å². The lowest BCUT2D eigenvalue weighted by molar-refractivity contribution is 0.193. The molecule has 0 aliphatic rings. The summed E-state index contributed by atoms with van der Waals surface area (Å²) in [4.78, 5) is 16.2. The van der Waals surface area contributed by atoms with Gasteiger partial charge in [0.15, 0.2) is 5.89 Å². The Morgan fingerprint density at radius 1 is 1.26 bits per heavy atom. The number of benzene rings is 1. The van der Waals surface area contributed by atoms with Gasteiger partial charge in [-0.3, -0.25) is 0 Å². The second-order valence-corrected chi connectivity index (χ2v) is 4.27. The van der Waals surface area contributed by atoms with E-state index in [2.05, 4.69) is 4.98 Å². The molecule has 0 atom stereocenters. The number of aromatic nitrogens is 1. The van der Waals surface area contributed by atoms with E-state index < -0.39 is 5.63 Å². The van der Waals surface area contributed by atoms with Crippen LogP contribution in [0.15, 0.2) is 37.9 Å². The lowest BCUT2D eigenvalue weighted by atomic mass is 10.2. The number of methoxy groups -OCH3 is 1. The Morgan fingerprint density at radius 3 is 2.95 bits per heavy atom. The normalized spacial score (nSPS) is 11.4. The van der Waals surface area contributed by atoms with E-state index in [-0.39, 0.29) is 5.58 Å². The molecule has 98 valence electrons. The van der Waals surface area contributed by atoms with Gasteiger partial charge in [0.1, 0.15) is 11.1 Å². The van der Waals surface area contributed by atoms with E-state index in [0.717, 1.165) is 11.8 Å². The fourth-order valence-electron chi connectivity index (χ4n) is 2.06. The Hall–Kier alpha value is -2.14. The van der Waals surface area contributed by atoms with E-state index >= 15 is 0 Å². The quantitative estimate of drug-likeness (QED) is 0.532. The maximum absolute atomic E-state index is 11.8. The average Bonchev–Trinajstić information content (AvgIpc) is 2.84. The highest BCUT2D eigenvalue weighted by atomic mass is 16.5. The highest BCUT2D eigenvalue weighted by Gasteiger charge is 2.14. The van der Waals surface area contributed by atoms with Crippen molar-refractivity contribution in [1.29, 1.82) is 0 Å². The van der Waals surface area contributed by atoms with Crippen LogP contribution < -0.4 is 5.63 Å². The number of hydrogen-bond donors (Lipinski definition) is 0. The summed E-state index contributed by atoms with van der Waals surface area (Å²) >= 11 is 0. The van der Waals surface area contributed by atoms with E-state index in [1.54, 1.807) is 13.2 Å². The van der Waals surface area contributed by atoms with Crippen LogP contribution in [0.5, 0.6) is 0 Å². The Morgan fingerprint density at radius 2 is 2.11 bits per heavy atom. The number of fused-ring (bicyclic) bond motifs is 3. The lowest BCUT2D eigenvalue weighted by Crippen LogP contribution is -1.97. The van der Waals surface area contributed by atoms with Gasteiger partial charge >= 0.3 is 5.63 Å². The second kappa shape index (κ2) is 4.85. The minimum Gasteiger partial charge on any atom is -0.433 e. The van der Waals surface area contributed by atoms with E-state index in [1.807, 2.05) is 18.2 Å². The summed E-state index contributed by atoms with van der Waals surface area (Å²) in [6, 6.07) is 7.30. The molecule has 0 aliphatic heterocycles. The number of nitrogens with zero attached hydrogens (tertiary/aromatic N) is 1. The van der Waals surface area contributed by atoms with Crippen molar-refractivity contribution in [2.24, 2.45) is 0 Å². The monoisotopic (exact) mass is 259 g/mol. The van der Waals surface area contributed by atoms with Crippen LogP contribution >= 0.6 is 0 Å². The number of hydrogen-bond acceptors (Lipinski definition) is 5. The molecular formula is C14H13NO4. The van der Waals surface area contributed by atoms with Crippen molar-refractivity contribution in [2.75, 3.05) is 13.7 Å². The molecule has 0 bridgehead atoms. The molecule has 0 N–H and O–H groups in total. The molecule has 0 saturated carbocycles. The lowest BCUT2D eigenvalue weighted by Gasteiger charge is -1.94. The predicted octanol–water partition coefficient (Wildman–Crippen LogP) is 2.51. The molecule has 0 unspecified atom stereocenters. The summed E-state index contributed by atoms with van der Waals surface area (Å²) in [6.45, 7) is 0.633. The second-order valence-electron chi connectivity index (χ2n) is 4.27. The molecule has 5 nitrogen and oxygen atoms in total. The molecule has 5 heteroatoms. The van der Waals surface area contributed by atoms with Crippen LogP contribution in [-0.2, 0) is 11.2 Å². The summed E-state index contributed by atoms with van der Waals surface area (Å²) in [5, 5.41) is 0.791. The largest absolute Gasteiger partial charge is 0.433 e. The van der Waals surface area contributed by atoms with Crippen molar-refractivity contribution in [3.05, 3.63) is 40.6 Å². The predicted molar refractivity (Wildman–Crippen MR) is 70.2 cm³/mol. The van der Waals surface area contributed by atoms with Gasteiger partial charge in [-0.15, -0.1) is 0 Å². The summed E-state index contributed by atoms with van der Waals surface area (Å²) in [6.07, 6.45) is 1.43. The van der Waals surface area contributed by atoms with Gasteiger partial charge in [0, 0.05) is 25.5 Å². The minimum absolute atomic E-state index is 0.186. The first-order chi connectivity index (χ1) is 9.29. The van der Waals surface area contributed by atoms with E-state index in [1.165, 1.54) is 0 Å². The van der Waals surface area contributed by atoms with Crippen LogP contribution in [0.4, 0.5) is 0 Å². The van der Waals surface area contributed by atoms with Gasteiger partial charge in [-0.25, -0.2) is 9.78 Å². The molecule has 3 rings (SSSR count). The average molecular weight is 259 g/mol. The van der Waals surface area contributed by atoms with Crippen LogP contribution in [0, 0.1) is 0 Å². The Kier molecular flexibility index (Phi) is 3.05. The van der Waals surface area contributed by atoms with Crippen LogP contribution in [0.25, 0.3) is 22.1 Å². The molecule has 2 heterocycles. The minimum atomic E-state index is -0.487. The Balaban J connectivity index is 2.13. The number of rotatable bonds is 4. The first-order valence-corrected chi connectivity index (χ1v) is 6.10. The molecule has 0 fully saturated rings. The zero-order valence-electron chi connectivity index (χ0n) is 10.5. The van der Waals surface area contributed by atoms with Crippen molar-refractivity contribution in [3.63, 3.8) is 0 Å². The first kappa shape index (κ1) is 11.9. The van der Waals surface area contributed by atoms with Gasteiger partial charge < -0.3 is 13.6 Å². The summed E-state index contributed by atoms with van der Waals surface area (Å²) < 4.78 is 15.7. The standard InChI is InChI=1S/C14H13NO4/c1-17-8-4-7-11-15-12-9-5-2-3-6-10(9)18-14(16)13(12)19-11/h2-3,5-6H,4,7-8H2,1H3. The van der Waals surface area contributed by atoms with Crippen molar-refractivity contribution in [1.82, 2.24) is 4.98 Å². The third kappa shape index (κ3) is 2.13. The van der Waals surface area contributed by atoms with Crippen LogP contribution in [0.3, 0.4) is 0 Å². The van der Waals surface area contributed by atoms with Gasteiger partial charge in [0.2, 0.25) is 5.58 Å². The highest BCUT2D eigenvalue weighted by molar-refractivity contribution is 5.99. The molecule has 0 aliphatic carbocycles. The number of ether oxygens (including phenoxy) is 1. The molecular weight excluding hydrogens is 246 g/mol. The number of para-hydroxylation sites is 1. The molecule has 1 aromatic carbocycles. The number of aryl methyl sites for hydroxylation is 1. The molecule has 2 aromatic heterocycles. The smallest absolute Gasteiger partial charge is 0.382 e. The summed E-state index contributed by atoms with van der Waals surface area (Å²) in [5.41, 5.74) is 0.793. The Labute approximate surface area is 108 Å². The van der Waals surface area contributed by atoms with Crippen molar-refractivity contribution >= 4 is 22.1 Å². The van der Waals surface area contributed by atoms with Gasteiger partial charge in [0.25, 0.3) is 0 Å². The molecule has 0 amide bonds. The maximum Gasteiger partial charge on any atom is 0.382 e. The first-order valence-electron chi connectivity index (χ1n) is 6.10. The fraction of sp³-hybridized carbons (Fsp3) is 0.286. The summed E-state index contributed by atoms with van der Waals surface area (Å²) in [5.74, 6) is 0.538. The van der Waals surface area contributed by atoms with Gasteiger partial charge in [0.05, 0.1) is 0 Å². The zero-order valence-corrected chi connectivity index (χ0v) is 10.5. The maximum atomic E-state index is 11.8. The van der Waals surface area contributed by atoms with Gasteiger partial charge in [-0.05, 0) is 18.6 Å². The van der Waals surface area contributed by atoms with Crippen molar-refractivity contribution in [2.45, 2.75) is 12.8 Å². The molecule has 19 heavy (non-hydrogen) atoms. The SMILES string of the molecule is COCCCc1nc2c(o1)c(=O)oc1ccccc12. The van der Waals surface area contributed by atoms with E-state index in [9.17, 15) is 4.79 Å². The van der Waals surface area contributed by atoms with Crippen molar-refractivity contribution in [3.8, 4) is 0 Å². The van der Waals surface area contributed by atoms with Crippen molar-refractivity contribution < 1.29 is 13.6 Å². The third-order valence-corrected chi connectivity index (χ3v) is 2.94. The molecule has 0 spiro atoms. The van der Waals surface area contributed by atoms with Crippen LogP contribution in [0.2, 0.25) is 0 Å². The van der Waals surface area contributed by atoms with Crippen LogP contribution in [0.1, 0.15) is 12.3 Å². The summed E-state index contributed by atoms with van der Waals surface area (Å²) in [7, 11) is 1.65. The molecule has 3 aromatic rings. The third-order valence-electron chi connectivity index (χ3n) is 2.94. The Bertz CT molecular complexity index is 772. The molecule has 0 radical (unpaired) electrons.